The van der Waals surface area contributed by atoms with E-state index in [0.717, 1.165) is 6.07 Å². The van der Waals surface area contributed by atoms with E-state index >= 15 is 0 Å². The van der Waals surface area contributed by atoms with Crippen LogP contribution in [0.25, 0.3) is 0 Å². The van der Waals surface area contributed by atoms with Crippen molar-refractivity contribution in [1.82, 2.24) is 4.98 Å². The van der Waals surface area contributed by atoms with Crippen molar-refractivity contribution < 1.29 is 13.9 Å². The van der Waals surface area contributed by atoms with Gasteiger partial charge in [-0.15, -0.1) is 0 Å². The first kappa shape index (κ1) is 9.91. The zero-order valence-corrected chi connectivity index (χ0v) is 8.47. The van der Waals surface area contributed by atoms with E-state index in [1.165, 1.54) is 0 Å². The Morgan fingerprint density at radius 1 is 1.58 bits per heavy atom. The van der Waals surface area contributed by atoms with Gasteiger partial charge in [0.15, 0.2) is 5.75 Å². The molecule has 0 bridgehead atoms. The molecule has 12 heavy (non-hydrogen) atoms. The van der Waals surface area contributed by atoms with Crippen LogP contribution in [-0.2, 0) is 0 Å². The van der Waals surface area contributed by atoms with Gasteiger partial charge >= 0.3 is 0 Å². The van der Waals surface area contributed by atoms with E-state index in [0.29, 0.717) is 0 Å². The fourth-order valence-corrected chi connectivity index (χ4v) is 1.58. The molecule has 0 atom stereocenters. The van der Waals surface area contributed by atoms with Gasteiger partial charge in [0.25, 0.3) is 6.43 Å². The van der Waals surface area contributed by atoms with Gasteiger partial charge in [-0.1, -0.05) is 11.6 Å². The van der Waals surface area contributed by atoms with Crippen LogP contribution in [0.3, 0.4) is 0 Å². The van der Waals surface area contributed by atoms with Crippen LogP contribution in [0.5, 0.6) is 5.75 Å². The first-order valence-electron chi connectivity index (χ1n) is 2.85. The van der Waals surface area contributed by atoms with E-state index < -0.39 is 17.7 Å². The third kappa shape index (κ3) is 1.95. The minimum Gasteiger partial charge on any atom is -0.505 e. The molecule has 1 rings (SSSR count). The van der Waals surface area contributed by atoms with E-state index in [2.05, 4.69) is 4.98 Å². The third-order valence-corrected chi connectivity index (χ3v) is 2.13. The van der Waals surface area contributed by atoms with E-state index in [1.807, 2.05) is 0 Å². The summed E-state index contributed by atoms with van der Waals surface area (Å²) in [4.78, 5) is 3.58. The van der Waals surface area contributed by atoms with Gasteiger partial charge in [-0.3, -0.25) is 0 Å². The van der Waals surface area contributed by atoms with Gasteiger partial charge in [0.05, 0.1) is 5.56 Å². The monoisotopic (exact) mass is 305 g/mol. The molecule has 0 radical (unpaired) electrons. The zero-order valence-electron chi connectivity index (χ0n) is 5.56. The molecule has 2 nitrogen and oxygen atoms in total. The van der Waals surface area contributed by atoms with Crippen LogP contribution < -0.4 is 0 Å². The summed E-state index contributed by atoms with van der Waals surface area (Å²) in [7, 11) is 0. The van der Waals surface area contributed by atoms with Gasteiger partial charge in [0.2, 0.25) is 0 Å². The lowest BCUT2D eigenvalue weighted by molar-refractivity contribution is 0.147. The summed E-state index contributed by atoms with van der Waals surface area (Å²) in [5.74, 6) is -0.505. The summed E-state index contributed by atoms with van der Waals surface area (Å²) in [5, 5.41) is 9.04. The summed E-state index contributed by atoms with van der Waals surface area (Å²) in [5.41, 5.74) is -0.487. The number of rotatable bonds is 1. The standard InChI is InChI=1S/C6H3ClF2INO/c7-3-1-2(5(8)9)4(12)6(10)11-3/h1,5,12H. The number of pyridine rings is 1. The van der Waals surface area contributed by atoms with E-state index in [-0.39, 0.29) is 8.85 Å². The quantitative estimate of drug-likeness (QED) is 0.639. The summed E-state index contributed by atoms with van der Waals surface area (Å²) in [6.45, 7) is 0. The molecular weight excluding hydrogens is 302 g/mol. The van der Waals surface area contributed by atoms with Crippen LogP contribution in [0.4, 0.5) is 8.78 Å². The smallest absolute Gasteiger partial charge is 0.267 e. The molecule has 1 aromatic rings. The summed E-state index contributed by atoms with van der Waals surface area (Å²) < 4.78 is 24.4. The van der Waals surface area contributed by atoms with Crippen molar-refractivity contribution in [1.29, 1.82) is 0 Å². The normalized spacial score (nSPS) is 10.8. The van der Waals surface area contributed by atoms with Crippen molar-refractivity contribution >= 4 is 34.2 Å². The van der Waals surface area contributed by atoms with E-state index in [9.17, 15) is 8.78 Å². The number of alkyl halides is 2. The highest BCUT2D eigenvalue weighted by Crippen LogP contribution is 2.32. The predicted molar refractivity (Wildman–Crippen MR) is 48.6 cm³/mol. The SMILES string of the molecule is Oc1c(C(F)F)cc(Cl)nc1I. The van der Waals surface area contributed by atoms with Crippen molar-refractivity contribution in [2.45, 2.75) is 6.43 Å². The molecule has 1 heterocycles. The zero-order chi connectivity index (χ0) is 9.30. The second-order valence-electron chi connectivity index (χ2n) is 1.97. The first-order valence-corrected chi connectivity index (χ1v) is 4.31. The fourth-order valence-electron chi connectivity index (χ4n) is 0.661. The Morgan fingerprint density at radius 2 is 2.17 bits per heavy atom. The summed E-state index contributed by atoms with van der Waals surface area (Å²) >= 11 is 7.04. The van der Waals surface area contributed by atoms with Crippen LogP contribution in [0.15, 0.2) is 6.07 Å². The number of aromatic hydroxyl groups is 1. The average Bonchev–Trinajstić information content (AvgIpc) is 1.96. The predicted octanol–water partition coefficient (Wildman–Crippen LogP) is 2.98. The average molecular weight is 305 g/mol. The third-order valence-electron chi connectivity index (χ3n) is 1.18. The fraction of sp³-hybridized carbons (Fsp3) is 0.167. The maximum atomic E-state index is 12.1. The molecule has 0 saturated carbocycles. The molecule has 0 aliphatic heterocycles. The topological polar surface area (TPSA) is 33.1 Å². The maximum Gasteiger partial charge on any atom is 0.267 e. The number of hydrogen-bond acceptors (Lipinski definition) is 2. The molecule has 0 unspecified atom stereocenters. The lowest BCUT2D eigenvalue weighted by atomic mass is 10.2. The molecule has 6 heteroatoms. The number of hydrogen-bond donors (Lipinski definition) is 1. The van der Waals surface area contributed by atoms with Crippen LogP contribution >= 0.6 is 34.2 Å². The molecular formula is C6H3ClF2INO. The highest BCUT2D eigenvalue weighted by Gasteiger charge is 2.16. The minimum absolute atomic E-state index is 0.0486. The van der Waals surface area contributed by atoms with Gasteiger partial charge in [-0.25, -0.2) is 13.8 Å². The first-order chi connectivity index (χ1) is 5.52. The van der Waals surface area contributed by atoms with E-state index in [1.54, 1.807) is 22.6 Å². The molecule has 0 saturated heterocycles. The largest absolute Gasteiger partial charge is 0.505 e. The lowest BCUT2D eigenvalue weighted by Crippen LogP contribution is -1.91. The maximum absolute atomic E-state index is 12.1. The lowest BCUT2D eigenvalue weighted by Gasteiger charge is -2.04. The second-order valence-corrected chi connectivity index (χ2v) is 3.38. The van der Waals surface area contributed by atoms with E-state index in [4.69, 9.17) is 16.7 Å². The Hall–Kier alpha value is -0.170. The summed E-state index contributed by atoms with van der Waals surface area (Å²) in [6.07, 6.45) is -2.74. The molecule has 0 fully saturated rings. The summed E-state index contributed by atoms with van der Waals surface area (Å²) in [6, 6.07) is 0.948. The van der Waals surface area contributed by atoms with Crippen molar-refractivity contribution in [3.05, 3.63) is 20.5 Å². The van der Waals surface area contributed by atoms with Crippen LogP contribution in [-0.4, -0.2) is 10.1 Å². The molecule has 0 aliphatic carbocycles. The highest BCUT2D eigenvalue weighted by molar-refractivity contribution is 14.1. The van der Waals surface area contributed by atoms with Gasteiger partial charge in [-0.2, -0.15) is 0 Å². The van der Waals surface area contributed by atoms with Crippen LogP contribution in [0, 0.1) is 3.70 Å². The molecule has 1 N–H and O–H groups in total. The number of aromatic nitrogens is 1. The van der Waals surface area contributed by atoms with Crippen molar-refractivity contribution in [2.24, 2.45) is 0 Å². The van der Waals surface area contributed by atoms with Crippen molar-refractivity contribution in [3.8, 4) is 5.75 Å². The molecule has 0 aliphatic rings. The van der Waals surface area contributed by atoms with Crippen LogP contribution in [0.2, 0.25) is 5.15 Å². The van der Waals surface area contributed by atoms with Crippen molar-refractivity contribution in [3.63, 3.8) is 0 Å². The Bertz CT molecular complexity index is 308. The molecule has 1 aromatic heterocycles. The van der Waals surface area contributed by atoms with Gasteiger partial charge in [0, 0.05) is 0 Å². The van der Waals surface area contributed by atoms with Crippen molar-refractivity contribution in [2.75, 3.05) is 0 Å². The van der Waals surface area contributed by atoms with Gasteiger partial charge < -0.3 is 5.11 Å². The Labute approximate surface area is 85.7 Å². The number of nitrogens with zero attached hydrogens (tertiary/aromatic N) is 1. The molecule has 0 aromatic carbocycles. The van der Waals surface area contributed by atoms with Gasteiger partial charge in [0.1, 0.15) is 8.85 Å². The Morgan fingerprint density at radius 3 is 2.67 bits per heavy atom. The Balaban J connectivity index is 3.28. The molecule has 0 spiro atoms. The molecule has 0 amide bonds. The Kier molecular flexibility index (Phi) is 3.05. The number of halogens is 4. The second kappa shape index (κ2) is 3.69. The minimum atomic E-state index is -2.74. The van der Waals surface area contributed by atoms with Gasteiger partial charge in [-0.05, 0) is 28.7 Å². The highest BCUT2D eigenvalue weighted by atomic mass is 127. The molecule has 66 valence electrons. The van der Waals surface area contributed by atoms with Crippen LogP contribution in [0.1, 0.15) is 12.0 Å².